The molecule has 0 rings (SSSR count). The summed E-state index contributed by atoms with van der Waals surface area (Å²) in [6, 6.07) is 0. The van der Waals surface area contributed by atoms with Crippen LogP contribution in [-0.2, 0) is 0 Å². The topological polar surface area (TPSA) is 12.0 Å². The van der Waals surface area contributed by atoms with Gasteiger partial charge in [0.05, 0.1) is 0 Å². The average Bonchev–Trinajstić information content (AvgIpc) is 3.13. The van der Waals surface area contributed by atoms with E-state index in [1.54, 1.807) is 0 Å². The van der Waals surface area contributed by atoms with E-state index in [4.69, 9.17) is 5.32 Å². The fraction of sp³-hybridized carbons (Fsp3) is 1.00. The summed E-state index contributed by atoms with van der Waals surface area (Å²) < 4.78 is 0. The van der Waals surface area contributed by atoms with Gasteiger partial charge in [-0.15, -0.1) is 0 Å². The highest BCUT2D eigenvalue weighted by Crippen LogP contribution is 2.38. The zero-order chi connectivity index (χ0) is 37.4. The number of hydrogen-bond donors (Lipinski definition) is 1. The largest absolute Gasteiger partial charge is 0.306 e. The Labute approximate surface area is 326 Å². The second-order valence-corrected chi connectivity index (χ2v) is 17.8. The summed E-state index contributed by atoms with van der Waals surface area (Å²) in [4.78, 5) is 0. The number of hydrogen-bond acceptors (Lipinski definition) is 1. The molecule has 0 fully saturated rings. The molecule has 0 bridgehead atoms. The van der Waals surface area contributed by atoms with Crippen molar-refractivity contribution in [2.45, 2.75) is 322 Å². The van der Waals surface area contributed by atoms with E-state index in [0.717, 1.165) is 0 Å². The molecular weight excluding hydrogens is 615 g/mol. The van der Waals surface area contributed by atoms with Crippen LogP contribution < -0.4 is 5.32 Å². The third-order valence-corrected chi connectivity index (χ3v) is 12.6. The Morgan fingerprint density at radius 1 is 0.196 bits per heavy atom. The van der Waals surface area contributed by atoms with Crippen LogP contribution in [0.1, 0.15) is 311 Å². The van der Waals surface area contributed by atoms with Gasteiger partial charge in [0, 0.05) is 11.1 Å². The first-order valence-electron chi connectivity index (χ1n) is 24.9. The summed E-state index contributed by atoms with van der Waals surface area (Å²) in [7, 11) is 0. The molecule has 0 aliphatic heterocycles. The van der Waals surface area contributed by atoms with Crippen LogP contribution in [0.2, 0.25) is 0 Å². The van der Waals surface area contributed by atoms with Gasteiger partial charge >= 0.3 is 0 Å². The molecular formula is C50H103N. The van der Waals surface area contributed by atoms with Gasteiger partial charge in [0.2, 0.25) is 0 Å². The second kappa shape index (κ2) is 39.6. The zero-order valence-corrected chi connectivity index (χ0v) is 37.2. The van der Waals surface area contributed by atoms with Crippen LogP contribution >= 0.6 is 0 Å². The molecule has 0 saturated heterocycles. The average molecular weight is 718 g/mol. The van der Waals surface area contributed by atoms with E-state index in [9.17, 15) is 0 Å². The number of rotatable bonds is 44. The van der Waals surface area contributed by atoms with Crippen molar-refractivity contribution in [2.24, 2.45) is 0 Å². The quantitative estimate of drug-likeness (QED) is 0.0619. The van der Waals surface area contributed by atoms with Gasteiger partial charge in [-0.2, -0.15) is 0 Å². The third-order valence-electron chi connectivity index (χ3n) is 12.6. The second-order valence-electron chi connectivity index (χ2n) is 17.8. The first-order chi connectivity index (χ1) is 25.1. The molecule has 0 heterocycles. The summed E-state index contributed by atoms with van der Waals surface area (Å²) >= 11 is 0. The summed E-state index contributed by atoms with van der Waals surface area (Å²) in [5, 5.41) is 4.89. The summed E-state index contributed by atoms with van der Waals surface area (Å²) in [6.45, 7) is 14.2. The van der Waals surface area contributed by atoms with Crippen molar-refractivity contribution >= 4 is 0 Å². The molecule has 0 atom stereocenters. The Hall–Kier alpha value is -0.0400. The lowest BCUT2D eigenvalue weighted by Gasteiger charge is -2.47. The minimum absolute atomic E-state index is 0.354. The lowest BCUT2D eigenvalue weighted by Crippen LogP contribution is -2.58. The molecule has 0 saturated carbocycles. The van der Waals surface area contributed by atoms with Crippen LogP contribution in [0.25, 0.3) is 0 Å². The predicted octanol–water partition coefficient (Wildman–Crippen LogP) is 18.6. The molecule has 0 aliphatic carbocycles. The number of unbranched alkanes of at least 4 members (excludes halogenated alkanes) is 30. The molecule has 1 N–H and O–H groups in total. The van der Waals surface area contributed by atoms with Gasteiger partial charge in [0.1, 0.15) is 0 Å². The van der Waals surface area contributed by atoms with Crippen LogP contribution in [0.4, 0.5) is 0 Å². The monoisotopic (exact) mass is 718 g/mol. The fourth-order valence-corrected chi connectivity index (χ4v) is 9.15. The van der Waals surface area contributed by atoms with Crippen molar-refractivity contribution in [1.82, 2.24) is 5.32 Å². The van der Waals surface area contributed by atoms with E-state index in [2.05, 4.69) is 41.5 Å². The van der Waals surface area contributed by atoms with E-state index in [1.807, 2.05) is 0 Å². The Kier molecular flexibility index (Phi) is 39.6. The van der Waals surface area contributed by atoms with Crippen molar-refractivity contribution in [3.8, 4) is 0 Å². The molecule has 308 valence electrons. The molecule has 0 aromatic carbocycles. The van der Waals surface area contributed by atoms with Crippen LogP contribution in [0.5, 0.6) is 0 Å². The molecule has 1 nitrogen and oxygen atoms in total. The van der Waals surface area contributed by atoms with Gasteiger partial charge in [-0.05, 0) is 38.5 Å². The van der Waals surface area contributed by atoms with E-state index in [-0.39, 0.29) is 0 Å². The fourth-order valence-electron chi connectivity index (χ4n) is 9.15. The van der Waals surface area contributed by atoms with Gasteiger partial charge in [0.15, 0.2) is 0 Å². The van der Waals surface area contributed by atoms with Crippen LogP contribution in [0.15, 0.2) is 0 Å². The maximum absolute atomic E-state index is 4.89. The third kappa shape index (κ3) is 32.0. The SMILES string of the molecule is CCCCCCCCC(CCCCCCCC)(CCCCCCCC)NC(CCCCCCCC)(CCCCCCCC)CCCCCCCC. The molecule has 0 amide bonds. The lowest BCUT2D eigenvalue weighted by molar-refractivity contribution is 0.124. The molecule has 0 spiro atoms. The van der Waals surface area contributed by atoms with Crippen molar-refractivity contribution in [2.75, 3.05) is 0 Å². The molecule has 0 aromatic rings. The summed E-state index contributed by atoms with van der Waals surface area (Å²) in [5.74, 6) is 0. The maximum Gasteiger partial charge on any atom is 0.0186 e. The molecule has 1 heteroatoms. The Balaban J connectivity index is 6.35. The van der Waals surface area contributed by atoms with Gasteiger partial charge < -0.3 is 5.32 Å². The van der Waals surface area contributed by atoms with Crippen LogP contribution in [0.3, 0.4) is 0 Å². The lowest BCUT2D eigenvalue weighted by atomic mass is 9.74. The minimum atomic E-state index is 0.354. The molecule has 0 radical (unpaired) electrons. The first kappa shape index (κ1) is 51.0. The Bertz CT molecular complexity index is 503. The van der Waals surface area contributed by atoms with E-state index in [0.29, 0.717) is 11.1 Å². The van der Waals surface area contributed by atoms with Gasteiger partial charge in [-0.25, -0.2) is 0 Å². The zero-order valence-electron chi connectivity index (χ0n) is 37.2. The van der Waals surface area contributed by atoms with Gasteiger partial charge in [0.25, 0.3) is 0 Å². The van der Waals surface area contributed by atoms with E-state index >= 15 is 0 Å². The van der Waals surface area contributed by atoms with Crippen LogP contribution in [0, 0.1) is 0 Å². The predicted molar refractivity (Wildman–Crippen MR) is 237 cm³/mol. The molecule has 0 aromatic heterocycles. The van der Waals surface area contributed by atoms with Gasteiger partial charge in [-0.1, -0.05) is 273 Å². The highest BCUT2D eigenvalue weighted by molar-refractivity contribution is 4.99. The highest BCUT2D eigenvalue weighted by atomic mass is 15.1. The van der Waals surface area contributed by atoms with E-state index < -0.39 is 0 Å². The van der Waals surface area contributed by atoms with Crippen molar-refractivity contribution < 1.29 is 0 Å². The Morgan fingerprint density at radius 3 is 0.490 bits per heavy atom. The van der Waals surface area contributed by atoms with Crippen molar-refractivity contribution in [3.63, 3.8) is 0 Å². The van der Waals surface area contributed by atoms with Crippen LogP contribution in [-0.4, -0.2) is 11.1 Å². The number of nitrogens with one attached hydrogen (secondary N) is 1. The van der Waals surface area contributed by atoms with Crippen molar-refractivity contribution in [1.29, 1.82) is 0 Å². The standard InChI is InChI=1S/C50H103N/c1-7-13-19-25-31-37-43-49(44-38-32-26-20-14-8-2,45-39-33-27-21-15-9-3)51-50(46-40-34-28-22-16-10-4,47-41-35-29-23-17-11-5)48-42-36-30-24-18-12-6/h51H,7-48H2,1-6H3. The normalized spacial score (nSPS) is 12.4. The van der Waals surface area contributed by atoms with E-state index in [1.165, 1.54) is 270 Å². The molecule has 0 aliphatic rings. The first-order valence-corrected chi connectivity index (χ1v) is 24.9. The molecule has 51 heavy (non-hydrogen) atoms. The Morgan fingerprint density at radius 2 is 0.333 bits per heavy atom. The summed E-state index contributed by atoms with van der Waals surface area (Å²) in [6.07, 6.45) is 60.2. The van der Waals surface area contributed by atoms with Gasteiger partial charge in [-0.3, -0.25) is 0 Å². The minimum Gasteiger partial charge on any atom is -0.306 e. The highest BCUT2D eigenvalue weighted by Gasteiger charge is 2.38. The van der Waals surface area contributed by atoms with Crippen molar-refractivity contribution in [3.05, 3.63) is 0 Å². The summed E-state index contributed by atoms with van der Waals surface area (Å²) in [5.41, 5.74) is 0.708. The molecule has 0 unspecified atom stereocenters. The maximum atomic E-state index is 4.89. The smallest absolute Gasteiger partial charge is 0.0186 e.